The van der Waals surface area contributed by atoms with Crippen LogP contribution in [-0.2, 0) is 6.54 Å². The summed E-state index contributed by atoms with van der Waals surface area (Å²) in [5.41, 5.74) is 2.34. The molecule has 1 aliphatic heterocycles. The summed E-state index contributed by atoms with van der Waals surface area (Å²) in [4.78, 5) is 9.60. The molecule has 0 saturated carbocycles. The summed E-state index contributed by atoms with van der Waals surface area (Å²) in [7, 11) is 0. The number of pyridine rings is 1. The zero-order chi connectivity index (χ0) is 14.4. The lowest BCUT2D eigenvalue weighted by Crippen LogP contribution is -2.49. The summed E-state index contributed by atoms with van der Waals surface area (Å²) in [6, 6.07) is 4.92. The summed E-state index contributed by atoms with van der Waals surface area (Å²) in [6.45, 7) is 13.3. The van der Waals surface area contributed by atoms with Crippen molar-refractivity contribution in [2.45, 2.75) is 39.8 Å². The third-order valence-electron chi connectivity index (χ3n) is 4.20. The summed E-state index contributed by atoms with van der Waals surface area (Å²) >= 11 is 0. The molecule has 1 saturated heterocycles. The fourth-order valence-electron chi connectivity index (χ4n) is 2.73. The second-order valence-electron chi connectivity index (χ2n) is 5.64. The largest absolute Gasteiger partial charge is 0.385 e. The van der Waals surface area contributed by atoms with Crippen LogP contribution in [0.3, 0.4) is 0 Å². The van der Waals surface area contributed by atoms with Crippen LogP contribution in [0.4, 0.5) is 5.69 Å². The lowest BCUT2D eigenvalue weighted by molar-refractivity contribution is 0.0956. The second kappa shape index (κ2) is 7.60. The van der Waals surface area contributed by atoms with Crippen molar-refractivity contribution in [3.05, 3.63) is 24.0 Å². The molecule has 1 aliphatic rings. The van der Waals surface area contributed by atoms with Crippen LogP contribution in [0.2, 0.25) is 0 Å². The van der Waals surface area contributed by atoms with Crippen molar-refractivity contribution in [1.29, 1.82) is 0 Å². The van der Waals surface area contributed by atoms with Crippen LogP contribution < -0.4 is 5.32 Å². The quantitative estimate of drug-likeness (QED) is 0.864. The fourth-order valence-corrected chi connectivity index (χ4v) is 2.73. The maximum Gasteiger partial charge on any atom is 0.0564 e. The van der Waals surface area contributed by atoms with Gasteiger partial charge in [-0.25, -0.2) is 0 Å². The normalized spacial score (nSPS) is 18.9. The molecule has 0 aliphatic carbocycles. The Hall–Kier alpha value is -1.13. The minimum atomic E-state index is 0.715. The van der Waals surface area contributed by atoms with Crippen molar-refractivity contribution in [1.82, 2.24) is 14.8 Å². The van der Waals surface area contributed by atoms with Gasteiger partial charge in [0.25, 0.3) is 0 Å². The molecular weight excluding hydrogens is 248 g/mol. The molecule has 1 N–H and O–H groups in total. The lowest BCUT2D eigenvalue weighted by Gasteiger charge is -2.37. The molecule has 2 heterocycles. The first kappa shape index (κ1) is 15.3. The van der Waals surface area contributed by atoms with Crippen LogP contribution in [-0.4, -0.2) is 53.5 Å². The lowest BCUT2D eigenvalue weighted by atomic mass is 10.2. The molecule has 0 aromatic carbocycles. The highest BCUT2D eigenvalue weighted by Crippen LogP contribution is 2.13. The summed E-state index contributed by atoms with van der Waals surface area (Å²) in [6.07, 6.45) is 3.15. The van der Waals surface area contributed by atoms with Crippen molar-refractivity contribution >= 4 is 5.69 Å². The Kier molecular flexibility index (Phi) is 5.80. The molecule has 0 amide bonds. The predicted molar refractivity (Wildman–Crippen MR) is 85.0 cm³/mol. The smallest absolute Gasteiger partial charge is 0.0564 e. The molecule has 112 valence electrons. The van der Waals surface area contributed by atoms with Crippen LogP contribution in [0.15, 0.2) is 18.3 Å². The van der Waals surface area contributed by atoms with Crippen molar-refractivity contribution in [2.75, 3.05) is 38.0 Å². The molecule has 20 heavy (non-hydrogen) atoms. The zero-order valence-corrected chi connectivity index (χ0v) is 13.1. The number of aromatic nitrogens is 1. The van der Waals surface area contributed by atoms with E-state index >= 15 is 0 Å². The Balaban J connectivity index is 1.84. The van der Waals surface area contributed by atoms with Gasteiger partial charge in [-0.15, -0.1) is 0 Å². The van der Waals surface area contributed by atoms with E-state index in [1.54, 1.807) is 0 Å². The maximum atomic E-state index is 4.49. The van der Waals surface area contributed by atoms with Gasteiger partial charge in [0.1, 0.15) is 0 Å². The molecule has 1 atom stereocenters. The van der Waals surface area contributed by atoms with Crippen LogP contribution in [0.25, 0.3) is 0 Å². The molecule has 2 rings (SSSR count). The third kappa shape index (κ3) is 4.18. The summed E-state index contributed by atoms with van der Waals surface area (Å²) in [5, 5.41) is 3.35. The van der Waals surface area contributed by atoms with Gasteiger partial charge in [0.15, 0.2) is 0 Å². The Morgan fingerprint density at radius 1 is 1.25 bits per heavy atom. The van der Waals surface area contributed by atoms with Crippen molar-refractivity contribution in [2.24, 2.45) is 0 Å². The van der Waals surface area contributed by atoms with Gasteiger partial charge < -0.3 is 5.32 Å². The van der Waals surface area contributed by atoms with E-state index in [0.29, 0.717) is 6.04 Å². The van der Waals surface area contributed by atoms with Gasteiger partial charge in [-0.05, 0) is 32.4 Å². The molecule has 4 heteroatoms. The molecule has 0 radical (unpaired) electrons. The van der Waals surface area contributed by atoms with Crippen LogP contribution in [0, 0.1) is 0 Å². The third-order valence-corrected chi connectivity index (χ3v) is 4.20. The molecule has 1 aromatic heterocycles. The van der Waals surface area contributed by atoms with E-state index in [2.05, 4.69) is 46.9 Å². The molecule has 4 nitrogen and oxygen atoms in total. The monoisotopic (exact) mass is 276 g/mol. The Labute approximate surface area is 123 Å². The SMILES string of the molecule is CCNc1ccnc(CN2CCN(C(C)CC)CC2)c1. The number of anilines is 1. The van der Waals surface area contributed by atoms with Gasteiger partial charge in [0.2, 0.25) is 0 Å². The molecule has 0 bridgehead atoms. The van der Waals surface area contributed by atoms with Gasteiger partial charge in [-0.3, -0.25) is 14.8 Å². The number of piperazine rings is 1. The highest BCUT2D eigenvalue weighted by atomic mass is 15.3. The minimum Gasteiger partial charge on any atom is -0.385 e. The second-order valence-corrected chi connectivity index (χ2v) is 5.64. The standard InChI is InChI=1S/C16H28N4/c1-4-14(3)20-10-8-19(9-11-20)13-16-12-15(17-5-2)6-7-18-16/h6-7,12,14H,4-5,8-11,13H2,1-3H3,(H,17,18). The van der Waals surface area contributed by atoms with E-state index in [1.807, 2.05) is 12.3 Å². The Morgan fingerprint density at radius 3 is 2.65 bits per heavy atom. The van der Waals surface area contributed by atoms with Gasteiger partial charge >= 0.3 is 0 Å². The van der Waals surface area contributed by atoms with E-state index in [0.717, 1.165) is 26.2 Å². The number of rotatable bonds is 6. The molecule has 0 spiro atoms. The predicted octanol–water partition coefficient (Wildman–Crippen LogP) is 2.43. The van der Waals surface area contributed by atoms with Gasteiger partial charge in [0, 0.05) is 57.2 Å². The van der Waals surface area contributed by atoms with Crippen LogP contribution in [0.5, 0.6) is 0 Å². The fraction of sp³-hybridized carbons (Fsp3) is 0.688. The summed E-state index contributed by atoms with van der Waals surface area (Å²) in [5.74, 6) is 0. The number of nitrogens with zero attached hydrogens (tertiary/aromatic N) is 3. The molecule has 1 unspecified atom stereocenters. The van der Waals surface area contributed by atoms with E-state index < -0.39 is 0 Å². The van der Waals surface area contributed by atoms with Gasteiger partial charge in [-0.2, -0.15) is 0 Å². The average molecular weight is 276 g/mol. The first-order chi connectivity index (χ1) is 9.72. The first-order valence-corrected chi connectivity index (χ1v) is 7.88. The molecular formula is C16H28N4. The van der Waals surface area contributed by atoms with Crippen molar-refractivity contribution in [3.8, 4) is 0 Å². The molecule has 1 fully saturated rings. The number of hydrogen-bond donors (Lipinski definition) is 1. The van der Waals surface area contributed by atoms with Gasteiger partial charge in [-0.1, -0.05) is 6.92 Å². The topological polar surface area (TPSA) is 31.4 Å². The highest BCUT2D eigenvalue weighted by molar-refractivity contribution is 5.42. The van der Waals surface area contributed by atoms with E-state index in [9.17, 15) is 0 Å². The van der Waals surface area contributed by atoms with E-state index in [-0.39, 0.29) is 0 Å². The number of nitrogens with one attached hydrogen (secondary N) is 1. The minimum absolute atomic E-state index is 0.715. The zero-order valence-electron chi connectivity index (χ0n) is 13.1. The number of hydrogen-bond acceptors (Lipinski definition) is 4. The van der Waals surface area contributed by atoms with Crippen molar-refractivity contribution < 1.29 is 0 Å². The van der Waals surface area contributed by atoms with Crippen LogP contribution >= 0.6 is 0 Å². The Bertz CT molecular complexity index is 399. The summed E-state index contributed by atoms with van der Waals surface area (Å²) < 4.78 is 0. The van der Waals surface area contributed by atoms with Crippen molar-refractivity contribution in [3.63, 3.8) is 0 Å². The van der Waals surface area contributed by atoms with E-state index in [1.165, 1.54) is 30.9 Å². The molecule has 1 aromatic rings. The van der Waals surface area contributed by atoms with E-state index in [4.69, 9.17) is 0 Å². The first-order valence-electron chi connectivity index (χ1n) is 7.88. The van der Waals surface area contributed by atoms with Crippen LogP contribution in [0.1, 0.15) is 32.9 Å². The highest BCUT2D eigenvalue weighted by Gasteiger charge is 2.20. The Morgan fingerprint density at radius 2 is 2.00 bits per heavy atom. The maximum absolute atomic E-state index is 4.49. The average Bonchev–Trinajstić information content (AvgIpc) is 2.48. The van der Waals surface area contributed by atoms with Gasteiger partial charge in [0.05, 0.1) is 5.69 Å².